The maximum Gasteiger partial charge on any atom is 0.344 e. The second-order valence-corrected chi connectivity index (χ2v) is 4.90. The lowest BCUT2D eigenvalue weighted by Crippen LogP contribution is -2.02. The number of esters is 1. The third-order valence-electron chi connectivity index (χ3n) is 1.52. The van der Waals surface area contributed by atoms with Crippen molar-refractivity contribution in [2.75, 3.05) is 12.4 Å². The van der Waals surface area contributed by atoms with Gasteiger partial charge in [-0.2, -0.15) is 0 Å². The molecule has 0 aromatic carbocycles. The van der Waals surface area contributed by atoms with Gasteiger partial charge in [-0.25, -0.2) is 4.79 Å². The van der Waals surface area contributed by atoms with Crippen molar-refractivity contribution in [3.05, 3.63) is 8.99 Å². The Morgan fingerprint density at radius 1 is 1.43 bits per heavy atom. The Morgan fingerprint density at radius 3 is 2.71 bits per heavy atom. The van der Waals surface area contributed by atoms with Crippen molar-refractivity contribution in [3.8, 4) is 0 Å². The summed E-state index contributed by atoms with van der Waals surface area (Å²) in [6.07, 6.45) is 3.71. The van der Waals surface area contributed by atoms with E-state index < -0.39 is 0 Å². The van der Waals surface area contributed by atoms with E-state index in [1.165, 1.54) is 19.3 Å². The molecule has 0 saturated carbocycles. The van der Waals surface area contributed by atoms with E-state index in [1.54, 1.807) is 11.8 Å². The van der Waals surface area contributed by atoms with Crippen molar-refractivity contribution < 1.29 is 9.53 Å². The number of halogens is 1. The molecule has 0 saturated heterocycles. The lowest BCUT2D eigenvalue weighted by Gasteiger charge is -1.99. The van der Waals surface area contributed by atoms with Gasteiger partial charge in [0.15, 0.2) is 0 Å². The molecule has 0 aliphatic carbocycles. The molecule has 14 heavy (non-hydrogen) atoms. The van der Waals surface area contributed by atoms with Crippen LogP contribution in [0.4, 0.5) is 0 Å². The number of carbonyl (C=O) groups excluding carboxylic acids is 1. The molecule has 0 radical (unpaired) electrons. The molecule has 0 unspecified atom stereocenters. The number of rotatable bonds is 7. The van der Waals surface area contributed by atoms with Gasteiger partial charge in [-0.15, -0.1) is 11.8 Å². The molecule has 0 spiro atoms. The second kappa shape index (κ2) is 9.83. The minimum Gasteiger partial charge on any atom is -0.462 e. The van der Waals surface area contributed by atoms with Crippen LogP contribution in [0.5, 0.6) is 0 Å². The van der Waals surface area contributed by atoms with Gasteiger partial charge < -0.3 is 4.74 Å². The Hall–Kier alpha value is 0.290. The van der Waals surface area contributed by atoms with Gasteiger partial charge in [0.2, 0.25) is 0 Å². The van der Waals surface area contributed by atoms with E-state index in [-0.39, 0.29) is 5.97 Å². The van der Waals surface area contributed by atoms with Crippen molar-refractivity contribution >= 4 is 40.3 Å². The van der Waals surface area contributed by atoms with Gasteiger partial charge in [-0.3, -0.25) is 0 Å². The van der Waals surface area contributed by atoms with Crippen LogP contribution in [0, 0.1) is 0 Å². The van der Waals surface area contributed by atoms with Crippen LogP contribution in [0.1, 0.15) is 33.1 Å². The van der Waals surface area contributed by atoms with Gasteiger partial charge in [-0.05, 0) is 47.1 Å². The SMILES string of the molecule is CCCCCS/C=C(/I)C(=O)OCC. The minimum absolute atomic E-state index is 0.212. The second-order valence-electron chi connectivity index (χ2n) is 2.76. The van der Waals surface area contributed by atoms with E-state index in [9.17, 15) is 4.79 Å². The summed E-state index contributed by atoms with van der Waals surface area (Å²) in [5, 5.41) is 1.88. The Kier molecular flexibility index (Phi) is 10.0. The van der Waals surface area contributed by atoms with Crippen LogP contribution in [0.3, 0.4) is 0 Å². The molecule has 2 nitrogen and oxygen atoms in total. The van der Waals surface area contributed by atoms with E-state index >= 15 is 0 Å². The average molecular weight is 328 g/mol. The van der Waals surface area contributed by atoms with Crippen LogP contribution >= 0.6 is 34.4 Å². The molecule has 0 N–H and O–H groups in total. The lowest BCUT2D eigenvalue weighted by molar-refractivity contribution is -0.137. The topological polar surface area (TPSA) is 26.3 Å². The molecule has 0 amide bonds. The van der Waals surface area contributed by atoms with Crippen LogP contribution in [0.2, 0.25) is 0 Å². The normalized spacial score (nSPS) is 11.5. The number of thioether (sulfide) groups is 1. The van der Waals surface area contributed by atoms with Gasteiger partial charge in [-0.1, -0.05) is 19.8 Å². The fourth-order valence-electron chi connectivity index (χ4n) is 0.816. The molecule has 4 heteroatoms. The van der Waals surface area contributed by atoms with Gasteiger partial charge in [0.1, 0.15) is 3.58 Å². The van der Waals surface area contributed by atoms with E-state index in [0.29, 0.717) is 10.2 Å². The summed E-state index contributed by atoms with van der Waals surface area (Å²) in [6.45, 7) is 4.44. The molecule has 0 heterocycles. The quantitative estimate of drug-likeness (QED) is 0.308. The van der Waals surface area contributed by atoms with Crippen LogP contribution in [0.25, 0.3) is 0 Å². The highest BCUT2D eigenvalue weighted by molar-refractivity contribution is 14.1. The number of carbonyl (C=O) groups is 1. The van der Waals surface area contributed by atoms with E-state index in [0.717, 1.165) is 5.75 Å². The first-order valence-electron chi connectivity index (χ1n) is 4.86. The molecular weight excluding hydrogens is 311 g/mol. The van der Waals surface area contributed by atoms with Gasteiger partial charge >= 0.3 is 5.97 Å². The fourth-order valence-corrected chi connectivity index (χ4v) is 2.24. The zero-order valence-electron chi connectivity index (χ0n) is 8.72. The van der Waals surface area contributed by atoms with Crippen LogP contribution in [-0.2, 0) is 9.53 Å². The molecule has 0 rings (SSSR count). The van der Waals surface area contributed by atoms with Crippen molar-refractivity contribution in [2.24, 2.45) is 0 Å². The molecular formula is C10H17IO2S. The van der Waals surface area contributed by atoms with E-state index in [1.807, 2.05) is 34.9 Å². The first-order valence-corrected chi connectivity index (χ1v) is 6.99. The van der Waals surface area contributed by atoms with Gasteiger partial charge in [0.25, 0.3) is 0 Å². The van der Waals surface area contributed by atoms with E-state index in [2.05, 4.69) is 6.92 Å². The highest BCUT2D eigenvalue weighted by Crippen LogP contribution is 2.16. The first kappa shape index (κ1) is 14.3. The molecule has 0 aliphatic heterocycles. The molecule has 0 aromatic rings. The predicted octanol–water partition coefficient (Wildman–Crippen LogP) is 3.75. The number of hydrogen-bond acceptors (Lipinski definition) is 3. The highest BCUT2D eigenvalue weighted by Gasteiger charge is 2.04. The standard InChI is InChI=1S/C10H17IO2S/c1-3-5-6-7-14-8-9(11)10(12)13-4-2/h8H,3-7H2,1-2H3/b9-8+. The summed E-state index contributed by atoms with van der Waals surface area (Å²) in [5.41, 5.74) is 0. The molecule has 0 bridgehead atoms. The smallest absolute Gasteiger partial charge is 0.344 e. The predicted molar refractivity (Wildman–Crippen MR) is 70.7 cm³/mol. The van der Waals surface area contributed by atoms with Gasteiger partial charge in [0.05, 0.1) is 6.61 Å². The zero-order chi connectivity index (χ0) is 10.8. The maximum atomic E-state index is 11.2. The summed E-state index contributed by atoms with van der Waals surface area (Å²) < 4.78 is 5.53. The van der Waals surface area contributed by atoms with Crippen molar-refractivity contribution in [2.45, 2.75) is 33.1 Å². The Bertz CT molecular complexity index is 193. The first-order chi connectivity index (χ1) is 6.72. The summed E-state index contributed by atoms with van der Waals surface area (Å²) in [5.74, 6) is 0.871. The summed E-state index contributed by atoms with van der Waals surface area (Å²) in [7, 11) is 0. The van der Waals surface area contributed by atoms with Crippen LogP contribution in [0.15, 0.2) is 8.99 Å². The third-order valence-corrected chi connectivity index (χ3v) is 3.62. The van der Waals surface area contributed by atoms with E-state index in [4.69, 9.17) is 4.74 Å². The van der Waals surface area contributed by atoms with Crippen molar-refractivity contribution in [3.63, 3.8) is 0 Å². The molecule has 82 valence electrons. The Balaban J connectivity index is 3.60. The number of hydrogen-bond donors (Lipinski definition) is 0. The summed E-state index contributed by atoms with van der Waals surface area (Å²) in [6, 6.07) is 0. The van der Waals surface area contributed by atoms with Crippen LogP contribution in [-0.4, -0.2) is 18.3 Å². The summed E-state index contributed by atoms with van der Waals surface area (Å²) >= 11 is 3.70. The number of ether oxygens (including phenoxy) is 1. The van der Waals surface area contributed by atoms with Gasteiger partial charge in [0, 0.05) is 0 Å². The zero-order valence-corrected chi connectivity index (χ0v) is 11.7. The van der Waals surface area contributed by atoms with Crippen molar-refractivity contribution in [1.29, 1.82) is 0 Å². The minimum atomic E-state index is -0.212. The molecule has 0 aromatic heterocycles. The lowest BCUT2D eigenvalue weighted by atomic mass is 10.3. The Labute approximate surface area is 104 Å². The fraction of sp³-hybridized carbons (Fsp3) is 0.700. The average Bonchev–Trinajstić information content (AvgIpc) is 2.17. The summed E-state index contributed by atoms with van der Waals surface area (Å²) in [4.78, 5) is 11.2. The number of unbranched alkanes of at least 4 members (excludes halogenated alkanes) is 2. The monoisotopic (exact) mass is 328 g/mol. The third kappa shape index (κ3) is 7.67. The van der Waals surface area contributed by atoms with Crippen LogP contribution < -0.4 is 0 Å². The largest absolute Gasteiger partial charge is 0.462 e. The highest BCUT2D eigenvalue weighted by atomic mass is 127. The molecule has 0 atom stereocenters. The molecule has 0 fully saturated rings. The molecule has 0 aliphatic rings. The van der Waals surface area contributed by atoms with Crippen molar-refractivity contribution in [1.82, 2.24) is 0 Å². The maximum absolute atomic E-state index is 11.2. The Morgan fingerprint density at radius 2 is 2.14 bits per heavy atom.